The molecule has 3 rings (SSSR count). The van der Waals surface area contributed by atoms with Gasteiger partial charge in [-0.2, -0.15) is 0 Å². The quantitative estimate of drug-likeness (QED) is 0.282. The summed E-state index contributed by atoms with van der Waals surface area (Å²) in [7, 11) is -1.37. The number of pyridine rings is 1. The molecular formula is C30H37BN2O9. The van der Waals surface area contributed by atoms with Gasteiger partial charge in [-0.25, -0.2) is 4.98 Å². The zero-order valence-corrected chi connectivity index (χ0v) is 24.2. The lowest BCUT2D eigenvalue weighted by molar-refractivity contribution is -0.163. The van der Waals surface area contributed by atoms with E-state index < -0.39 is 72.9 Å². The van der Waals surface area contributed by atoms with Crippen molar-refractivity contribution in [3.63, 3.8) is 0 Å². The Morgan fingerprint density at radius 1 is 1.07 bits per heavy atom. The molecule has 11 nitrogen and oxygen atoms in total. The number of carboxylic acid groups (broad SMARTS) is 1. The van der Waals surface area contributed by atoms with Crippen molar-refractivity contribution in [2.75, 3.05) is 0 Å². The number of aliphatic hydroxyl groups is 1. The van der Waals surface area contributed by atoms with Crippen LogP contribution in [0.4, 0.5) is 0 Å². The molecule has 0 unspecified atom stereocenters. The molecule has 3 N–H and O–H groups in total. The number of aliphatic hydroxyl groups excluding tert-OH is 1. The molecule has 2 heterocycles. The number of nitrogens with zero attached hydrogens (tertiary/aromatic N) is 1. The zero-order valence-electron chi connectivity index (χ0n) is 24.2. The van der Waals surface area contributed by atoms with Gasteiger partial charge < -0.3 is 24.8 Å². The van der Waals surface area contributed by atoms with E-state index >= 15 is 0 Å². The number of benzene rings is 1. The van der Waals surface area contributed by atoms with Gasteiger partial charge in [0.1, 0.15) is 17.3 Å². The lowest BCUT2D eigenvalue weighted by Crippen LogP contribution is -2.56. The fourth-order valence-electron chi connectivity index (χ4n) is 5.12. The molecule has 0 aliphatic carbocycles. The first-order valence-electron chi connectivity index (χ1n) is 14.0. The van der Waals surface area contributed by atoms with Gasteiger partial charge in [0.25, 0.3) is 11.9 Å². The number of carbonyl (C=O) groups is 5. The summed E-state index contributed by atoms with van der Waals surface area (Å²) in [6.07, 6.45) is -2.58. The first kappa shape index (κ1) is 32.6. The van der Waals surface area contributed by atoms with Crippen LogP contribution in [0.3, 0.4) is 0 Å². The zero-order chi connectivity index (χ0) is 31.0. The van der Waals surface area contributed by atoms with E-state index in [1.807, 2.05) is 44.2 Å². The van der Waals surface area contributed by atoms with Crippen LogP contribution in [0.2, 0.25) is 5.82 Å². The summed E-state index contributed by atoms with van der Waals surface area (Å²) in [5.41, 5.74) is -0.501. The van der Waals surface area contributed by atoms with E-state index in [9.17, 15) is 34.2 Å². The third-order valence-electron chi connectivity index (χ3n) is 7.07. The van der Waals surface area contributed by atoms with Crippen LogP contribution in [-0.4, -0.2) is 69.5 Å². The molecule has 0 spiro atoms. The van der Waals surface area contributed by atoms with Crippen molar-refractivity contribution in [1.82, 2.24) is 10.3 Å². The summed E-state index contributed by atoms with van der Waals surface area (Å²) in [4.78, 5) is 68.1. The minimum atomic E-state index is -1.91. The Labute approximate surface area is 245 Å². The second-order valence-electron chi connectivity index (χ2n) is 11.0. The van der Waals surface area contributed by atoms with Crippen molar-refractivity contribution in [3.8, 4) is 11.3 Å². The Morgan fingerprint density at radius 2 is 1.76 bits per heavy atom. The summed E-state index contributed by atoms with van der Waals surface area (Å²) in [5.74, 6) is -4.69. The van der Waals surface area contributed by atoms with E-state index in [1.54, 1.807) is 19.1 Å². The number of Topliss-reactive ketones (excluding diaryl/α,β-unsaturated/α-hetero) is 2. The van der Waals surface area contributed by atoms with Crippen molar-refractivity contribution in [2.24, 2.45) is 5.92 Å². The second kappa shape index (κ2) is 14.3. The molecule has 0 bridgehead atoms. The number of aliphatic carboxylic acids is 1. The van der Waals surface area contributed by atoms with Gasteiger partial charge in [0.05, 0.1) is 24.6 Å². The molecule has 1 fully saturated rings. The first-order chi connectivity index (χ1) is 19.8. The molecule has 42 heavy (non-hydrogen) atoms. The van der Waals surface area contributed by atoms with E-state index in [-0.39, 0.29) is 24.5 Å². The van der Waals surface area contributed by atoms with Crippen LogP contribution in [0.15, 0.2) is 48.5 Å². The van der Waals surface area contributed by atoms with Gasteiger partial charge in [0, 0.05) is 24.2 Å². The number of nitrogens with one attached hydrogen (secondary N) is 1. The van der Waals surface area contributed by atoms with Crippen LogP contribution >= 0.6 is 0 Å². The number of aromatic nitrogens is 1. The van der Waals surface area contributed by atoms with Crippen molar-refractivity contribution >= 4 is 36.5 Å². The molecule has 1 aromatic carbocycles. The van der Waals surface area contributed by atoms with E-state index in [1.165, 1.54) is 13.0 Å². The van der Waals surface area contributed by atoms with Gasteiger partial charge in [0.2, 0.25) is 0 Å². The van der Waals surface area contributed by atoms with Gasteiger partial charge in [-0.1, -0.05) is 57.2 Å². The molecule has 1 saturated heterocycles. The Morgan fingerprint density at radius 3 is 2.36 bits per heavy atom. The SMILES string of the molecule is CCC(=O)[C@]1(CC(=O)O)CC(=O)OB([C@@H](CC(=O)[C@@H](NC(=O)c2cccc(-c3ccccc3)n2)[C@@H](C)O)CC(C)C)O1. The number of amides is 1. The number of rotatable bonds is 14. The highest BCUT2D eigenvalue weighted by molar-refractivity contribution is 6.50. The Balaban J connectivity index is 1.83. The van der Waals surface area contributed by atoms with Crippen LogP contribution in [-0.2, 0) is 28.5 Å². The fraction of sp³-hybridized carbons (Fsp3) is 0.467. The predicted octanol–water partition coefficient (Wildman–Crippen LogP) is 3.25. The maximum absolute atomic E-state index is 13.5. The van der Waals surface area contributed by atoms with Crippen molar-refractivity contribution in [3.05, 3.63) is 54.2 Å². The van der Waals surface area contributed by atoms with Gasteiger partial charge in [0.15, 0.2) is 11.6 Å². The third-order valence-corrected chi connectivity index (χ3v) is 7.07. The summed E-state index contributed by atoms with van der Waals surface area (Å²) in [6.45, 7) is 6.66. The third kappa shape index (κ3) is 8.33. The largest absolute Gasteiger partial charge is 0.531 e. The lowest BCUT2D eigenvalue weighted by Gasteiger charge is -2.39. The first-order valence-corrected chi connectivity index (χ1v) is 14.0. The summed E-state index contributed by atoms with van der Waals surface area (Å²) >= 11 is 0. The summed E-state index contributed by atoms with van der Waals surface area (Å²) < 4.78 is 11.3. The van der Waals surface area contributed by atoms with E-state index in [0.29, 0.717) is 12.1 Å². The Bertz CT molecular complexity index is 1300. The molecule has 1 aliphatic rings. The molecule has 2 aromatic rings. The highest BCUT2D eigenvalue weighted by Gasteiger charge is 2.53. The summed E-state index contributed by atoms with van der Waals surface area (Å²) in [5, 5.41) is 22.5. The molecule has 224 valence electrons. The average molecular weight is 580 g/mol. The molecule has 0 saturated carbocycles. The van der Waals surface area contributed by atoms with Gasteiger partial charge >= 0.3 is 13.1 Å². The topological polar surface area (TPSA) is 169 Å². The Kier molecular flexibility index (Phi) is 11.1. The van der Waals surface area contributed by atoms with Crippen molar-refractivity contribution < 1.29 is 43.5 Å². The number of ketones is 2. The highest BCUT2D eigenvalue weighted by Crippen LogP contribution is 2.37. The van der Waals surface area contributed by atoms with E-state index in [0.717, 1.165) is 5.56 Å². The second-order valence-corrected chi connectivity index (χ2v) is 11.0. The minimum absolute atomic E-state index is 0.00713. The number of carbonyl (C=O) groups excluding carboxylic acids is 4. The normalized spacial score (nSPS) is 19.0. The number of carboxylic acids is 1. The lowest BCUT2D eigenvalue weighted by atomic mass is 9.63. The number of hydrogen-bond acceptors (Lipinski definition) is 9. The maximum Gasteiger partial charge on any atom is 0.531 e. The van der Waals surface area contributed by atoms with Crippen molar-refractivity contribution in [1.29, 1.82) is 0 Å². The van der Waals surface area contributed by atoms with Crippen LogP contribution < -0.4 is 5.32 Å². The molecule has 0 radical (unpaired) electrons. The fourth-order valence-corrected chi connectivity index (χ4v) is 5.12. The molecule has 12 heteroatoms. The average Bonchev–Trinajstić information content (AvgIpc) is 2.94. The predicted molar refractivity (Wildman–Crippen MR) is 153 cm³/mol. The number of hydrogen-bond donors (Lipinski definition) is 3. The molecule has 1 aliphatic heterocycles. The highest BCUT2D eigenvalue weighted by atomic mass is 16.6. The smallest absolute Gasteiger partial charge is 0.509 e. The standard InChI is InChI=1S/C30H37BN2O9/c1-5-25(36)30(16-26(37)38)17-27(39)41-31(42-30)21(14-18(2)3)15-24(35)28(19(4)34)33-29(40)23-13-9-12-22(32-23)20-10-7-6-8-11-20/h6-13,18-19,21,28,34H,5,14-17H2,1-4H3,(H,33,40)(H,37,38)/t19-,21-,28+,30+/m1/s1. The summed E-state index contributed by atoms with van der Waals surface area (Å²) in [6, 6.07) is 12.8. The van der Waals surface area contributed by atoms with Gasteiger partial charge in [-0.15, -0.1) is 0 Å². The van der Waals surface area contributed by atoms with Gasteiger partial charge in [-0.05, 0) is 31.4 Å². The molecule has 4 atom stereocenters. The van der Waals surface area contributed by atoms with Gasteiger partial charge in [-0.3, -0.25) is 24.0 Å². The minimum Gasteiger partial charge on any atom is -0.509 e. The van der Waals surface area contributed by atoms with E-state index in [2.05, 4.69) is 10.3 Å². The molecule has 1 amide bonds. The van der Waals surface area contributed by atoms with Crippen LogP contribution in [0.5, 0.6) is 0 Å². The van der Waals surface area contributed by atoms with Crippen LogP contribution in [0, 0.1) is 5.92 Å². The Hall–Kier alpha value is -3.90. The van der Waals surface area contributed by atoms with Crippen LogP contribution in [0.25, 0.3) is 11.3 Å². The van der Waals surface area contributed by atoms with Crippen LogP contribution in [0.1, 0.15) is 70.3 Å². The monoisotopic (exact) mass is 580 g/mol. The van der Waals surface area contributed by atoms with E-state index in [4.69, 9.17) is 9.31 Å². The molecular weight excluding hydrogens is 543 g/mol. The molecule has 1 aromatic heterocycles. The maximum atomic E-state index is 13.5. The van der Waals surface area contributed by atoms with Crippen molar-refractivity contribution in [2.45, 2.75) is 83.4 Å².